The number of rotatable bonds is 5. The number of halogens is 1. The number of aliphatic hydroxyl groups is 1. The third-order valence-electron chi connectivity index (χ3n) is 2.75. The van der Waals surface area contributed by atoms with Crippen LogP contribution >= 0.6 is 15.9 Å². The average Bonchev–Trinajstić information content (AvgIpc) is 2.37. The number of hydrogen-bond donors (Lipinski definition) is 2. The summed E-state index contributed by atoms with van der Waals surface area (Å²) in [4.78, 5) is 13.8. The summed E-state index contributed by atoms with van der Waals surface area (Å²) < 4.78 is 6.01. The number of carbonyl (C=O) groups excluding carboxylic acids is 1. The van der Waals surface area contributed by atoms with Gasteiger partial charge in [0.2, 0.25) is 0 Å². The average molecular weight is 345 g/mol. The number of urea groups is 1. The highest BCUT2D eigenvalue weighted by molar-refractivity contribution is 9.10. The molecule has 0 radical (unpaired) electrons. The van der Waals surface area contributed by atoms with Crippen molar-refractivity contribution in [3.8, 4) is 5.75 Å². The molecule has 0 aliphatic carbocycles. The Balaban J connectivity index is 2.82. The Morgan fingerprint density at radius 1 is 1.45 bits per heavy atom. The minimum atomic E-state index is -0.567. The van der Waals surface area contributed by atoms with Crippen molar-refractivity contribution in [1.29, 1.82) is 0 Å². The fourth-order valence-corrected chi connectivity index (χ4v) is 2.15. The van der Waals surface area contributed by atoms with Crippen molar-refractivity contribution in [3.05, 3.63) is 22.7 Å². The molecule has 5 nitrogen and oxygen atoms in total. The van der Waals surface area contributed by atoms with Gasteiger partial charge in [-0.3, -0.25) is 0 Å². The maximum absolute atomic E-state index is 12.2. The zero-order chi connectivity index (χ0) is 15.3. The molecule has 6 heteroatoms. The maximum atomic E-state index is 12.2. The molecule has 1 atom stereocenters. The van der Waals surface area contributed by atoms with Crippen LogP contribution in [0.5, 0.6) is 5.75 Å². The molecule has 0 aliphatic rings. The molecule has 1 unspecified atom stereocenters. The number of nitrogens with one attached hydrogen (secondary N) is 1. The summed E-state index contributed by atoms with van der Waals surface area (Å²) in [6, 6.07) is 5.09. The van der Waals surface area contributed by atoms with Crippen molar-refractivity contribution in [2.45, 2.75) is 32.9 Å². The number of benzene rings is 1. The van der Waals surface area contributed by atoms with Crippen LogP contribution in [0.15, 0.2) is 22.7 Å². The first-order valence-corrected chi connectivity index (χ1v) is 7.23. The first kappa shape index (κ1) is 16.8. The van der Waals surface area contributed by atoms with E-state index in [0.29, 0.717) is 11.4 Å². The molecule has 0 aromatic heterocycles. The lowest BCUT2D eigenvalue weighted by molar-refractivity contribution is 0.125. The summed E-state index contributed by atoms with van der Waals surface area (Å²) in [6.07, 6.45) is -0.567. The number of hydrogen-bond acceptors (Lipinski definition) is 3. The highest BCUT2D eigenvalue weighted by Gasteiger charge is 2.19. The molecule has 0 heterocycles. The third kappa shape index (κ3) is 4.68. The van der Waals surface area contributed by atoms with Crippen molar-refractivity contribution in [2.24, 2.45) is 0 Å². The van der Waals surface area contributed by atoms with Gasteiger partial charge in [-0.05, 0) is 48.8 Å². The first-order chi connectivity index (χ1) is 9.35. The Morgan fingerprint density at radius 3 is 2.60 bits per heavy atom. The van der Waals surface area contributed by atoms with Gasteiger partial charge in [-0.15, -0.1) is 0 Å². The molecule has 0 saturated carbocycles. The predicted molar refractivity (Wildman–Crippen MR) is 83.2 cm³/mol. The van der Waals surface area contributed by atoms with Gasteiger partial charge in [0, 0.05) is 24.3 Å². The Labute approximate surface area is 128 Å². The largest absolute Gasteiger partial charge is 0.495 e. The number of methoxy groups -OCH3 is 1. The number of aliphatic hydroxyl groups excluding tert-OH is 1. The van der Waals surface area contributed by atoms with E-state index in [1.54, 1.807) is 31.1 Å². The van der Waals surface area contributed by atoms with Crippen LogP contribution in [-0.2, 0) is 0 Å². The van der Waals surface area contributed by atoms with Crippen LogP contribution < -0.4 is 10.1 Å². The molecule has 0 aliphatic heterocycles. The lowest BCUT2D eigenvalue weighted by Crippen LogP contribution is -2.43. The van der Waals surface area contributed by atoms with Crippen molar-refractivity contribution >= 4 is 27.6 Å². The highest BCUT2D eigenvalue weighted by Crippen LogP contribution is 2.28. The van der Waals surface area contributed by atoms with E-state index in [-0.39, 0.29) is 18.6 Å². The number of anilines is 1. The van der Waals surface area contributed by atoms with Crippen LogP contribution in [0.1, 0.15) is 20.8 Å². The van der Waals surface area contributed by atoms with Crippen LogP contribution in [0.3, 0.4) is 0 Å². The molecule has 0 spiro atoms. The lowest BCUT2D eigenvalue weighted by atomic mass is 10.2. The van der Waals surface area contributed by atoms with E-state index in [4.69, 9.17) is 4.74 Å². The van der Waals surface area contributed by atoms with Gasteiger partial charge in [0.15, 0.2) is 0 Å². The fourth-order valence-electron chi connectivity index (χ4n) is 1.75. The maximum Gasteiger partial charge on any atom is 0.322 e. The minimum absolute atomic E-state index is 0.00180. The molecular formula is C14H21BrN2O3. The fraction of sp³-hybridized carbons (Fsp3) is 0.500. The van der Waals surface area contributed by atoms with E-state index in [9.17, 15) is 9.90 Å². The SMILES string of the molecule is COc1cc(NC(=O)N(CC(C)O)C(C)C)ccc1Br. The monoisotopic (exact) mass is 344 g/mol. The van der Waals surface area contributed by atoms with Crippen molar-refractivity contribution < 1.29 is 14.6 Å². The van der Waals surface area contributed by atoms with Crippen LogP contribution in [0, 0.1) is 0 Å². The van der Waals surface area contributed by atoms with Crippen LogP contribution in [0.25, 0.3) is 0 Å². The topological polar surface area (TPSA) is 61.8 Å². The van der Waals surface area contributed by atoms with Crippen LogP contribution in [-0.4, -0.2) is 41.8 Å². The molecular weight excluding hydrogens is 324 g/mol. The molecule has 0 bridgehead atoms. The van der Waals surface area contributed by atoms with Gasteiger partial charge in [-0.25, -0.2) is 4.79 Å². The van der Waals surface area contributed by atoms with E-state index in [1.165, 1.54) is 0 Å². The van der Waals surface area contributed by atoms with Gasteiger partial charge in [-0.1, -0.05) is 0 Å². The van der Waals surface area contributed by atoms with Crippen molar-refractivity contribution in [2.75, 3.05) is 19.0 Å². The predicted octanol–water partition coefficient (Wildman–Crippen LogP) is 3.08. The standard InChI is InChI=1S/C14H21BrN2O3/c1-9(2)17(8-10(3)18)14(19)16-11-5-6-12(15)13(7-11)20-4/h5-7,9-10,18H,8H2,1-4H3,(H,16,19). The summed E-state index contributed by atoms with van der Waals surface area (Å²) in [7, 11) is 1.57. The van der Waals surface area contributed by atoms with Gasteiger partial charge in [0.1, 0.15) is 5.75 Å². The molecule has 1 aromatic carbocycles. The number of carbonyl (C=O) groups is 1. The number of nitrogens with zero attached hydrogens (tertiary/aromatic N) is 1. The Hall–Kier alpha value is -1.27. The molecule has 2 amide bonds. The molecule has 20 heavy (non-hydrogen) atoms. The highest BCUT2D eigenvalue weighted by atomic mass is 79.9. The molecule has 112 valence electrons. The van der Waals surface area contributed by atoms with Gasteiger partial charge in [0.25, 0.3) is 0 Å². The summed E-state index contributed by atoms with van der Waals surface area (Å²) in [5, 5.41) is 12.3. The second kappa shape index (κ2) is 7.50. The molecule has 2 N–H and O–H groups in total. The third-order valence-corrected chi connectivity index (χ3v) is 3.40. The summed E-state index contributed by atoms with van der Waals surface area (Å²) >= 11 is 3.36. The van der Waals surface area contributed by atoms with Crippen molar-refractivity contribution in [1.82, 2.24) is 4.90 Å². The van der Waals surface area contributed by atoms with E-state index in [1.807, 2.05) is 19.9 Å². The Morgan fingerprint density at radius 2 is 2.10 bits per heavy atom. The summed E-state index contributed by atoms with van der Waals surface area (Å²) in [5.41, 5.74) is 0.645. The molecule has 0 fully saturated rings. The minimum Gasteiger partial charge on any atom is -0.495 e. The Bertz CT molecular complexity index is 464. The van der Waals surface area contributed by atoms with Gasteiger partial charge in [-0.2, -0.15) is 0 Å². The lowest BCUT2D eigenvalue weighted by Gasteiger charge is -2.28. The summed E-state index contributed by atoms with van der Waals surface area (Å²) in [5.74, 6) is 0.648. The zero-order valence-electron chi connectivity index (χ0n) is 12.2. The normalized spacial score (nSPS) is 12.2. The van der Waals surface area contributed by atoms with E-state index in [0.717, 1.165) is 4.47 Å². The number of ether oxygens (including phenoxy) is 1. The van der Waals surface area contributed by atoms with Gasteiger partial charge in [0.05, 0.1) is 17.7 Å². The van der Waals surface area contributed by atoms with Gasteiger partial charge >= 0.3 is 6.03 Å². The summed E-state index contributed by atoms with van der Waals surface area (Å²) in [6.45, 7) is 5.76. The van der Waals surface area contributed by atoms with Crippen molar-refractivity contribution in [3.63, 3.8) is 0 Å². The first-order valence-electron chi connectivity index (χ1n) is 6.44. The molecule has 1 rings (SSSR count). The molecule has 1 aromatic rings. The number of amides is 2. The Kier molecular flexibility index (Phi) is 6.29. The quantitative estimate of drug-likeness (QED) is 0.862. The van der Waals surface area contributed by atoms with Gasteiger partial charge < -0.3 is 20.1 Å². The smallest absolute Gasteiger partial charge is 0.322 e. The second-order valence-corrected chi connectivity index (χ2v) is 5.73. The zero-order valence-corrected chi connectivity index (χ0v) is 13.8. The van der Waals surface area contributed by atoms with Crippen LogP contribution in [0.2, 0.25) is 0 Å². The van der Waals surface area contributed by atoms with E-state index >= 15 is 0 Å². The van der Waals surface area contributed by atoms with E-state index < -0.39 is 6.10 Å². The van der Waals surface area contributed by atoms with Crippen LogP contribution in [0.4, 0.5) is 10.5 Å². The molecule has 0 saturated heterocycles. The van der Waals surface area contributed by atoms with E-state index in [2.05, 4.69) is 21.2 Å². The second-order valence-electron chi connectivity index (χ2n) is 4.87.